The zero-order valence-electron chi connectivity index (χ0n) is 9.80. The number of aromatic carboxylic acids is 1. The van der Waals surface area contributed by atoms with Gasteiger partial charge in [-0.3, -0.25) is 9.58 Å². The molecule has 0 saturated carbocycles. The van der Waals surface area contributed by atoms with E-state index >= 15 is 0 Å². The Balaban J connectivity index is 2.71. The molecule has 0 aliphatic carbocycles. The van der Waals surface area contributed by atoms with E-state index in [4.69, 9.17) is 5.11 Å². The summed E-state index contributed by atoms with van der Waals surface area (Å²) in [5.41, 5.74) is 1.04. The summed E-state index contributed by atoms with van der Waals surface area (Å²) < 4.78 is 1.62. The fraction of sp³-hybridized carbons (Fsp3) is 0.600. The molecule has 90 valence electrons. The SMILES string of the molecule is CSCCN(C)Cc1c(C(=O)O)cnn1C. The second-order valence-corrected chi connectivity index (χ2v) is 4.65. The van der Waals surface area contributed by atoms with E-state index < -0.39 is 5.97 Å². The molecule has 1 aromatic heterocycles. The minimum absolute atomic E-state index is 0.290. The van der Waals surface area contributed by atoms with Crippen LogP contribution in [0.2, 0.25) is 0 Å². The minimum atomic E-state index is -0.915. The van der Waals surface area contributed by atoms with E-state index in [-0.39, 0.29) is 0 Å². The fourth-order valence-electron chi connectivity index (χ4n) is 1.41. The number of thioether (sulfide) groups is 1. The molecule has 0 aromatic carbocycles. The van der Waals surface area contributed by atoms with Crippen molar-refractivity contribution in [2.45, 2.75) is 6.54 Å². The van der Waals surface area contributed by atoms with Crippen molar-refractivity contribution in [2.24, 2.45) is 7.05 Å². The lowest BCUT2D eigenvalue weighted by Gasteiger charge is -2.16. The minimum Gasteiger partial charge on any atom is -0.478 e. The van der Waals surface area contributed by atoms with Crippen LogP contribution in [0.5, 0.6) is 0 Å². The molecule has 1 N–H and O–H groups in total. The smallest absolute Gasteiger partial charge is 0.339 e. The highest BCUT2D eigenvalue weighted by atomic mass is 32.2. The van der Waals surface area contributed by atoms with Gasteiger partial charge in [0.15, 0.2) is 0 Å². The van der Waals surface area contributed by atoms with Crippen LogP contribution in [-0.2, 0) is 13.6 Å². The summed E-state index contributed by atoms with van der Waals surface area (Å²) in [6, 6.07) is 0. The van der Waals surface area contributed by atoms with E-state index in [1.807, 2.05) is 7.05 Å². The number of nitrogens with zero attached hydrogens (tertiary/aromatic N) is 3. The summed E-state index contributed by atoms with van der Waals surface area (Å²) in [4.78, 5) is 13.1. The molecule has 5 nitrogen and oxygen atoms in total. The Kier molecular flexibility index (Phi) is 4.82. The van der Waals surface area contributed by atoms with E-state index in [1.165, 1.54) is 6.20 Å². The lowest BCUT2D eigenvalue weighted by atomic mass is 10.2. The van der Waals surface area contributed by atoms with Gasteiger partial charge in [-0.05, 0) is 13.3 Å². The van der Waals surface area contributed by atoms with Crippen LogP contribution in [0.25, 0.3) is 0 Å². The lowest BCUT2D eigenvalue weighted by molar-refractivity contribution is 0.0694. The zero-order chi connectivity index (χ0) is 12.1. The van der Waals surface area contributed by atoms with Crippen LogP contribution in [0.15, 0.2) is 6.20 Å². The number of hydrogen-bond acceptors (Lipinski definition) is 4. The molecule has 1 rings (SSSR count). The average molecular weight is 243 g/mol. The number of carboxylic acid groups (broad SMARTS) is 1. The van der Waals surface area contributed by atoms with E-state index in [2.05, 4.69) is 16.3 Å². The van der Waals surface area contributed by atoms with Gasteiger partial charge in [-0.2, -0.15) is 16.9 Å². The van der Waals surface area contributed by atoms with Gasteiger partial charge in [0.1, 0.15) is 5.56 Å². The lowest BCUT2D eigenvalue weighted by Crippen LogP contribution is -2.23. The van der Waals surface area contributed by atoms with Crippen molar-refractivity contribution in [1.29, 1.82) is 0 Å². The van der Waals surface area contributed by atoms with Crippen LogP contribution in [0.4, 0.5) is 0 Å². The van der Waals surface area contributed by atoms with Gasteiger partial charge in [-0.25, -0.2) is 4.79 Å². The van der Waals surface area contributed by atoms with Gasteiger partial charge < -0.3 is 5.11 Å². The molecule has 1 heterocycles. The second kappa shape index (κ2) is 5.91. The first-order valence-corrected chi connectivity index (χ1v) is 6.37. The van der Waals surface area contributed by atoms with Crippen molar-refractivity contribution in [1.82, 2.24) is 14.7 Å². The summed E-state index contributed by atoms with van der Waals surface area (Å²) in [5.74, 6) is 0.123. The van der Waals surface area contributed by atoms with Gasteiger partial charge >= 0.3 is 5.97 Å². The van der Waals surface area contributed by atoms with Gasteiger partial charge in [0.25, 0.3) is 0 Å². The maximum Gasteiger partial charge on any atom is 0.339 e. The highest BCUT2D eigenvalue weighted by molar-refractivity contribution is 7.98. The number of aromatic nitrogens is 2. The monoisotopic (exact) mass is 243 g/mol. The zero-order valence-corrected chi connectivity index (χ0v) is 10.6. The van der Waals surface area contributed by atoms with Crippen molar-refractivity contribution in [3.05, 3.63) is 17.5 Å². The number of aryl methyl sites for hydroxylation is 1. The maximum absolute atomic E-state index is 11.0. The molecule has 0 unspecified atom stereocenters. The predicted molar refractivity (Wildman–Crippen MR) is 64.9 cm³/mol. The normalized spacial score (nSPS) is 11.0. The van der Waals surface area contributed by atoms with E-state index in [9.17, 15) is 4.79 Å². The molecular formula is C10H17N3O2S. The molecule has 0 saturated heterocycles. The molecule has 0 aliphatic heterocycles. The summed E-state index contributed by atoms with van der Waals surface area (Å²) in [6.45, 7) is 1.55. The Morgan fingerprint density at radius 2 is 2.38 bits per heavy atom. The largest absolute Gasteiger partial charge is 0.478 e. The molecule has 0 atom stereocenters. The molecule has 0 bridgehead atoms. The van der Waals surface area contributed by atoms with Crippen LogP contribution >= 0.6 is 11.8 Å². The third-order valence-corrected chi connectivity index (χ3v) is 2.98. The molecule has 0 amide bonds. The molecule has 16 heavy (non-hydrogen) atoms. The van der Waals surface area contributed by atoms with Crippen LogP contribution in [0.1, 0.15) is 16.1 Å². The Labute approximate surface area is 99.4 Å². The fourth-order valence-corrected chi connectivity index (χ4v) is 1.91. The molecule has 0 spiro atoms. The second-order valence-electron chi connectivity index (χ2n) is 3.66. The first-order chi connectivity index (χ1) is 7.56. The van der Waals surface area contributed by atoms with Crippen molar-refractivity contribution in [3.8, 4) is 0 Å². The van der Waals surface area contributed by atoms with Gasteiger partial charge in [-0.1, -0.05) is 0 Å². The van der Waals surface area contributed by atoms with Crippen molar-refractivity contribution in [3.63, 3.8) is 0 Å². The van der Waals surface area contributed by atoms with Gasteiger partial charge in [0.2, 0.25) is 0 Å². The van der Waals surface area contributed by atoms with Crippen molar-refractivity contribution >= 4 is 17.7 Å². The van der Waals surface area contributed by atoms with Crippen LogP contribution in [0.3, 0.4) is 0 Å². The first kappa shape index (κ1) is 13.1. The number of carbonyl (C=O) groups is 1. The summed E-state index contributed by atoms with van der Waals surface area (Å²) in [6.07, 6.45) is 3.46. The number of rotatable bonds is 6. The Hall–Kier alpha value is -1.01. The topological polar surface area (TPSA) is 58.4 Å². The molecule has 0 fully saturated rings. The predicted octanol–water partition coefficient (Wildman–Crippen LogP) is 0.913. The summed E-state index contributed by atoms with van der Waals surface area (Å²) in [7, 11) is 3.75. The van der Waals surface area contributed by atoms with Crippen molar-refractivity contribution in [2.75, 3.05) is 25.6 Å². The highest BCUT2D eigenvalue weighted by Gasteiger charge is 2.15. The average Bonchev–Trinajstić information content (AvgIpc) is 2.58. The molecule has 0 aliphatic rings. The van der Waals surface area contributed by atoms with E-state index in [0.29, 0.717) is 12.1 Å². The molecular weight excluding hydrogens is 226 g/mol. The van der Waals surface area contributed by atoms with Crippen LogP contribution < -0.4 is 0 Å². The maximum atomic E-state index is 11.0. The number of hydrogen-bond donors (Lipinski definition) is 1. The van der Waals surface area contributed by atoms with Gasteiger partial charge in [-0.15, -0.1) is 0 Å². The Morgan fingerprint density at radius 3 is 2.94 bits per heavy atom. The Bertz CT molecular complexity index is 365. The quantitative estimate of drug-likeness (QED) is 0.805. The summed E-state index contributed by atoms with van der Waals surface area (Å²) >= 11 is 1.78. The van der Waals surface area contributed by atoms with Crippen LogP contribution in [-0.4, -0.2) is 51.4 Å². The molecule has 0 radical (unpaired) electrons. The van der Waals surface area contributed by atoms with Crippen molar-refractivity contribution < 1.29 is 9.90 Å². The third-order valence-electron chi connectivity index (χ3n) is 2.39. The summed E-state index contributed by atoms with van der Waals surface area (Å²) in [5, 5.41) is 13.0. The van der Waals surface area contributed by atoms with Gasteiger partial charge in [0.05, 0.1) is 11.9 Å². The Morgan fingerprint density at radius 1 is 1.69 bits per heavy atom. The third kappa shape index (κ3) is 3.24. The van der Waals surface area contributed by atoms with E-state index in [0.717, 1.165) is 18.0 Å². The standard InChI is InChI=1S/C10H17N3O2S/c1-12(4-5-16-3)7-9-8(10(14)15)6-11-13(9)2/h6H,4-5,7H2,1-3H3,(H,14,15). The molecule has 6 heteroatoms. The highest BCUT2D eigenvalue weighted by Crippen LogP contribution is 2.10. The number of carboxylic acids is 1. The van der Waals surface area contributed by atoms with Gasteiger partial charge in [0, 0.05) is 25.9 Å². The molecule has 1 aromatic rings. The van der Waals surface area contributed by atoms with Crippen LogP contribution in [0, 0.1) is 0 Å². The van der Waals surface area contributed by atoms with E-state index in [1.54, 1.807) is 23.5 Å². The first-order valence-electron chi connectivity index (χ1n) is 4.98.